The zero-order valence-electron chi connectivity index (χ0n) is 9.61. The SMILES string of the molecule is C=C(CCCOC(=O)C(=C)CC1CO1)C(=O)O. The fourth-order valence-electron chi connectivity index (χ4n) is 1.20. The Bertz CT molecular complexity index is 341. The van der Waals surface area contributed by atoms with Crippen molar-refractivity contribution in [2.75, 3.05) is 13.2 Å². The molecule has 5 nitrogen and oxygen atoms in total. The van der Waals surface area contributed by atoms with Gasteiger partial charge in [0.2, 0.25) is 0 Å². The lowest BCUT2D eigenvalue weighted by Gasteiger charge is -2.05. The van der Waals surface area contributed by atoms with Crippen molar-refractivity contribution in [3.63, 3.8) is 0 Å². The van der Waals surface area contributed by atoms with Crippen LogP contribution in [0.15, 0.2) is 24.3 Å². The molecule has 0 aliphatic carbocycles. The standard InChI is InChI=1S/C12H16O5/c1-8(11(13)14)4-3-5-16-12(15)9(2)6-10-7-17-10/h10H,1-7H2,(H,13,14). The van der Waals surface area contributed by atoms with Gasteiger partial charge in [0.15, 0.2) is 0 Å². The summed E-state index contributed by atoms with van der Waals surface area (Å²) >= 11 is 0. The molecule has 1 atom stereocenters. The monoisotopic (exact) mass is 240 g/mol. The zero-order valence-corrected chi connectivity index (χ0v) is 9.61. The van der Waals surface area contributed by atoms with Crippen molar-refractivity contribution < 1.29 is 24.2 Å². The van der Waals surface area contributed by atoms with Crippen molar-refractivity contribution >= 4 is 11.9 Å². The van der Waals surface area contributed by atoms with Crippen LogP contribution in [-0.2, 0) is 19.1 Å². The van der Waals surface area contributed by atoms with Crippen LogP contribution >= 0.6 is 0 Å². The van der Waals surface area contributed by atoms with Crippen molar-refractivity contribution in [2.45, 2.75) is 25.4 Å². The average molecular weight is 240 g/mol. The van der Waals surface area contributed by atoms with Crippen LogP contribution in [0, 0.1) is 0 Å². The summed E-state index contributed by atoms with van der Waals surface area (Å²) in [4.78, 5) is 21.8. The lowest BCUT2D eigenvalue weighted by atomic mass is 10.1. The highest BCUT2D eigenvalue weighted by Crippen LogP contribution is 2.18. The van der Waals surface area contributed by atoms with Crippen LogP contribution in [0.1, 0.15) is 19.3 Å². The largest absolute Gasteiger partial charge is 0.478 e. The number of esters is 1. The molecule has 5 heteroatoms. The summed E-state index contributed by atoms with van der Waals surface area (Å²) in [6.07, 6.45) is 1.37. The predicted molar refractivity (Wildman–Crippen MR) is 60.5 cm³/mol. The number of carboxylic acids is 1. The first kappa shape index (κ1) is 13.4. The molecule has 0 bridgehead atoms. The van der Waals surface area contributed by atoms with Gasteiger partial charge in [-0.3, -0.25) is 0 Å². The Labute approximate surface area is 99.7 Å². The van der Waals surface area contributed by atoms with Gasteiger partial charge in [0.05, 0.1) is 19.3 Å². The Hall–Kier alpha value is -1.62. The number of carboxylic acid groups (broad SMARTS) is 1. The van der Waals surface area contributed by atoms with Gasteiger partial charge in [-0.2, -0.15) is 0 Å². The van der Waals surface area contributed by atoms with Gasteiger partial charge in [-0.05, 0) is 12.8 Å². The lowest BCUT2D eigenvalue weighted by molar-refractivity contribution is -0.139. The third-order valence-electron chi connectivity index (χ3n) is 2.32. The number of carbonyl (C=O) groups excluding carboxylic acids is 1. The van der Waals surface area contributed by atoms with Gasteiger partial charge in [0, 0.05) is 17.6 Å². The number of epoxide rings is 1. The molecular weight excluding hydrogens is 224 g/mol. The first-order valence-corrected chi connectivity index (χ1v) is 5.38. The molecule has 94 valence electrons. The molecule has 1 fully saturated rings. The highest BCUT2D eigenvalue weighted by atomic mass is 16.6. The normalized spacial score (nSPS) is 17.3. The van der Waals surface area contributed by atoms with E-state index in [1.165, 1.54) is 0 Å². The minimum Gasteiger partial charge on any atom is -0.478 e. The first-order chi connectivity index (χ1) is 8.00. The van der Waals surface area contributed by atoms with Crippen LogP contribution < -0.4 is 0 Å². The first-order valence-electron chi connectivity index (χ1n) is 5.38. The number of carbonyl (C=O) groups is 2. The van der Waals surface area contributed by atoms with E-state index in [9.17, 15) is 9.59 Å². The molecule has 1 aliphatic heterocycles. The van der Waals surface area contributed by atoms with E-state index >= 15 is 0 Å². The van der Waals surface area contributed by atoms with Crippen molar-refractivity contribution in [2.24, 2.45) is 0 Å². The number of ether oxygens (including phenoxy) is 2. The molecule has 17 heavy (non-hydrogen) atoms. The highest BCUT2D eigenvalue weighted by Gasteiger charge is 2.25. The van der Waals surface area contributed by atoms with Crippen molar-refractivity contribution in [1.29, 1.82) is 0 Å². The number of hydrogen-bond donors (Lipinski definition) is 1. The zero-order chi connectivity index (χ0) is 12.8. The molecule has 0 aromatic heterocycles. The van der Waals surface area contributed by atoms with E-state index in [-0.39, 0.29) is 18.3 Å². The van der Waals surface area contributed by atoms with Gasteiger partial charge in [0.25, 0.3) is 0 Å². The van der Waals surface area contributed by atoms with E-state index < -0.39 is 11.9 Å². The second-order valence-electron chi connectivity index (χ2n) is 3.91. The van der Waals surface area contributed by atoms with Gasteiger partial charge in [-0.25, -0.2) is 9.59 Å². The molecule has 0 aromatic rings. The summed E-state index contributed by atoms with van der Waals surface area (Å²) in [5.41, 5.74) is 0.510. The summed E-state index contributed by atoms with van der Waals surface area (Å²) in [6.45, 7) is 7.84. The van der Waals surface area contributed by atoms with Crippen LogP contribution in [0.3, 0.4) is 0 Å². The Kier molecular flexibility index (Phi) is 4.90. The Morgan fingerprint density at radius 3 is 2.53 bits per heavy atom. The smallest absolute Gasteiger partial charge is 0.333 e. The topological polar surface area (TPSA) is 76.1 Å². The molecule has 1 saturated heterocycles. The van der Waals surface area contributed by atoms with Gasteiger partial charge in [-0.1, -0.05) is 13.2 Å². The van der Waals surface area contributed by atoms with Gasteiger partial charge in [0.1, 0.15) is 0 Å². The fourth-order valence-corrected chi connectivity index (χ4v) is 1.20. The third kappa shape index (κ3) is 5.31. The molecule has 0 aromatic carbocycles. The lowest BCUT2D eigenvalue weighted by Crippen LogP contribution is -2.10. The third-order valence-corrected chi connectivity index (χ3v) is 2.32. The fraction of sp³-hybridized carbons (Fsp3) is 0.500. The predicted octanol–water partition coefficient (Wildman–Crippen LogP) is 1.30. The van der Waals surface area contributed by atoms with Crippen LogP contribution in [0.4, 0.5) is 0 Å². The van der Waals surface area contributed by atoms with Crippen LogP contribution in [0.2, 0.25) is 0 Å². The number of rotatable bonds is 8. The molecule has 1 heterocycles. The molecular formula is C12H16O5. The molecule has 1 N–H and O–H groups in total. The molecule has 1 unspecified atom stereocenters. The summed E-state index contributed by atoms with van der Waals surface area (Å²) in [6, 6.07) is 0. The second-order valence-corrected chi connectivity index (χ2v) is 3.91. The molecule has 0 saturated carbocycles. The minimum absolute atomic E-state index is 0.113. The van der Waals surface area contributed by atoms with Crippen molar-refractivity contribution in [1.82, 2.24) is 0 Å². The van der Waals surface area contributed by atoms with E-state index in [1.807, 2.05) is 0 Å². The maximum absolute atomic E-state index is 11.4. The van der Waals surface area contributed by atoms with Crippen LogP contribution in [0.25, 0.3) is 0 Å². The molecule has 0 radical (unpaired) electrons. The van der Waals surface area contributed by atoms with E-state index in [0.29, 0.717) is 31.4 Å². The molecule has 0 amide bonds. The van der Waals surface area contributed by atoms with Gasteiger partial charge >= 0.3 is 11.9 Å². The quantitative estimate of drug-likeness (QED) is 0.299. The van der Waals surface area contributed by atoms with E-state index in [2.05, 4.69) is 13.2 Å². The summed E-state index contributed by atoms with van der Waals surface area (Å²) in [5, 5.41) is 8.55. The Balaban J connectivity index is 2.08. The van der Waals surface area contributed by atoms with Crippen LogP contribution in [0.5, 0.6) is 0 Å². The second kappa shape index (κ2) is 6.20. The van der Waals surface area contributed by atoms with Gasteiger partial charge < -0.3 is 14.6 Å². The Morgan fingerprint density at radius 1 is 1.35 bits per heavy atom. The number of hydrogen-bond acceptors (Lipinski definition) is 4. The minimum atomic E-state index is -1.02. The van der Waals surface area contributed by atoms with Crippen molar-refractivity contribution in [3.05, 3.63) is 24.3 Å². The summed E-state index contributed by atoms with van der Waals surface area (Å²) in [5.74, 6) is -1.46. The van der Waals surface area contributed by atoms with E-state index in [1.54, 1.807) is 0 Å². The van der Waals surface area contributed by atoms with Crippen LogP contribution in [-0.4, -0.2) is 36.4 Å². The maximum atomic E-state index is 11.4. The highest BCUT2D eigenvalue weighted by molar-refractivity contribution is 5.87. The van der Waals surface area contributed by atoms with Gasteiger partial charge in [-0.15, -0.1) is 0 Å². The number of aliphatic carboxylic acids is 1. The molecule has 0 spiro atoms. The summed E-state index contributed by atoms with van der Waals surface area (Å²) in [7, 11) is 0. The maximum Gasteiger partial charge on any atom is 0.333 e. The molecule has 1 rings (SSSR count). The average Bonchev–Trinajstić information content (AvgIpc) is 3.07. The molecule has 1 aliphatic rings. The van der Waals surface area contributed by atoms with Crippen molar-refractivity contribution in [3.8, 4) is 0 Å². The van der Waals surface area contributed by atoms with E-state index in [4.69, 9.17) is 14.6 Å². The Morgan fingerprint density at radius 2 is 2.00 bits per heavy atom. The van der Waals surface area contributed by atoms with E-state index in [0.717, 1.165) is 0 Å². The summed E-state index contributed by atoms with van der Waals surface area (Å²) < 4.78 is 9.90.